The molecule has 2 fully saturated rings. The van der Waals surface area contributed by atoms with Crippen molar-refractivity contribution in [2.24, 2.45) is 0 Å². The van der Waals surface area contributed by atoms with Crippen molar-refractivity contribution in [3.8, 4) is 0 Å². The first-order valence-corrected chi connectivity index (χ1v) is 15.9. The number of Topliss-reactive ketones (excluding diaryl/α,β-unsaturated/α-hetero) is 1. The Morgan fingerprint density at radius 3 is 1.52 bits per heavy atom. The third-order valence-electron chi connectivity index (χ3n) is 8.16. The highest BCUT2D eigenvalue weighted by molar-refractivity contribution is 6.43. The van der Waals surface area contributed by atoms with Crippen LogP contribution in [0.25, 0.3) is 0 Å². The van der Waals surface area contributed by atoms with E-state index in [-0.39, 0.29) is 97.9 Å². The Morgan fingerprint density at radius 2 is 1.10 bits per heavy atom. The number of hydrogen-bond acceptors (Lipinski definition) is 13. The lowest BCUT2D eigenvalue weighted by molar-refractivity contribution is -0.140. The molecule has 2 aliphatic heterocycles. The first kappa shape index (κ1) is 40.5. The molecule has 20 heteroatoms. The molecule has 0 aromatic heterocycles. The van der Waals surface area contributed by atoms with Crippen molar-refractivity contribution in [3.63, 3.8) is 0 Å². The maximum atomic E-state index is 12.8. The molecule has 0 aromatic rings. The number of nitrogens with zero attached hydrogens (tertiary/aromatic N) is 5. The fourth-order valence-corrected chi connectivity index (χ4v) is 5.58. The van der Waals surface area contributed by atoms with Crippen molar-refractivity contribution in [2.75, 3.05) is 91.6 Å². The number of hydrogen-bond donors (Lipinski definition) is 7. The first-order chi connectivity index (χ1) is 22.6. The molecule has 0 aliphatic carbocycles. The number of likely N-dealkylation sites (tertiary alicyclic amines) is 1. The Morgan fingerprint density at radius 1 is 0.667 bits per heavy atom. The number of carbonyl (C=O) groups excluding carboxylic acids is 4. The molecule has 19 nitrogen and oxygen atoms in total. The predicted octanol–water partition coefficient (Wildman–Crippen LogP) is -4.57. The standard InChI is InChI=1S/C28H48BN7O12/c1-20(28(46)36-6-2-3-22(36)29(47)48)31-23(38)5-4-21(37)15-30-24(39)16-32-7-9-33(17-25(40)41)11-13-35(19-27(44)45)14-12-34(10-8-32)18-26(42)43/h20,22,47-48H,2-19H2,1H3,(H,30,39)(H,31,38)(H,40,41)(H,42,43)(H,44,45)/t20-,22+/m1/s1. The van der Waals surface area contributed by atoms with Crippen LogP contribution in [0.2, 0.25) is 0 Å². The molecule has 0 radical (unpaired) electrons. The number of amides is 3. The van der Waals surface area contributed by atoms with E-state index in [2.05, 4.69) is 10.6 Å². The van der Waals surface area contributed by atoms with E-state index in [1.165, 1.54) is 11.8 Å². The molecule has 0 unspecified atom stereocenters. The van der Waals surface area contributed by atoms with E-state index in [9.17, 15) is 58.9 Å². The molecule has 7 N–H and O–H groups in total. The van der Waals surface area contributed by atoms with E-state index in [1.54, 1.807) is 19.6 Å². The average Bonchev–Trinajstić information content (AvgIpc) is 3.49. The van der Waals surface area contributed by atoms with Crippen LogP contribution in [-0.2, 0) is 33.6 Å². The number of nitrogens with one attached hydrogen (secondary N) is 2. The number of carbonyl (C=O) groups is 7. The maximum Gasteiger partial charge on any atom is 0.475 e. The van der Waals surface area contributed by atoms with Crippen LogP contribution in [-0.4, -0.2) is 202 Å². The highest BCUT2D eigenvalue weighted by atomic mass is 16.4. The molecule has 0 spiro atoms. The van der Waals surface area contributed by atoms with Gasteiger partial charge < -0.3 is 40.9 Å². The van der Waals surface area contributed by atoms with E-state index in [0.717, 1.165) is 0 Å². The van der Waals surface area contributed by atoms with E-state index in [1.807, 2.05) is 0 Å². The fourth-order valence-electron chi connectivity index (χ4n) is 5.58. The second kappa shape index (κ2) is 20.6. The number of aliphatic carboxylic acids is 3. The summed E-state index contributed by atoms with van der Waals surface area (Å²) in [7, 11) is -1.68. The van der Waals surface area contributed by atoms with Crippen LogP contribution >= 0.6 is 0 Å². The van der Waals surface area contributed by atoms with Gasteiger partial charge in [0, 0.05) is 71.7 Å². The number of rotatable bonds is 16. The van der Waals surface area contributed by atoms with E-state index in [4.69, 9.17) is 0 Å². The highest BCUT2D eigenvalue weighted by Gasteiger charge is 2.38. The Bertz CT molecular complexity index is 1110. The first-order valence-electron chi connectivity index (χ1n) is 15.9. The van der Waals surface area contributed by atoms with Gasteiger partial charge in [0.15, 0.2) is 5.78 Å². The van der Waals surface area contributed by atoms with Crippen molar-refractivity contribution >= 4 is 48.5 Å². The molecule has 48 heavy (non-hydrogen) atoms. The maximum absolute atomic E-state index is 12.8. The van der Waals surface area contributed by atoms with Gasteiger partial charge in [-0.15, -0.1) is 0 Å². The quantitative estimate of drug-likeness (QED) is 0.0755. The summed E-state index contributed by atoms with van der Waals surface area (Å²) in [5.74, 6) is -5.90. The number of carboxylic acid groups (broad SMARTS) is 3. The fraction of sp³-hybridized carbons (Fsp3) is 0.750. The zero-order chi connectivity index (χ0) is 35.8. The summed E-state index contributed by atoms with van der Waals surface area (Å²) in [6.07, 6.45) is 0.607. The molecular formula is C28H48BN7O12. The van der Waals surface area contributed by atoms with Crippen molar-refractivity contribution < 1.29 is 58.9 Å². The molecule has 2 aliphatic rings. The summed E-state index contributed by atoms with van der Waals surface area (Å²) in [6.45, 7) is 2.28. The topological polar surface area (TPSA) is 261 Å². The smallest absolute Gasteiger partial charge is 0.475 e. The van der Waals surface area contributed by atoms with Gasteiger partial charge in [-0.05, 0) is 19.8 Å². The van der Waals surface area contributed by atoms with Gasteiger partial charge in [0.2, 0.25) is 17.7 Å². The van der Waals surface area contributed by atoms with Crippen molar-refractivity contribution in [3.05, 3.63) is 0 Å². The van der Waals surface area contributed by atoms with Crippen molar-refractivity contribution in [2.45, 2.75) is 44.6 Å². The van der Waals surface area contributed by atoms with Gasteiger partial charge in [-0.3, -0.25) is 53.2 Å². The van der Waals surface area contributed by atoms with Gasteiger partial charge in [0.25, 0.3) is 0 Å². The third kappa shape index (κ3) is 15.5. The zero-order valence-corrected chi connectivity index (χ0v) is 27.3. The molecule has 0 aromatic carbocycles. The number of carboxylic acids is 3. The Kier molecular flexibility index (Phi) is 17.4. The molecule has 0 saturated carbocycles. The minimum atomic E-state index is -1.68. The molecule has 3 amide bonds. The molecule has 2 rings (SSSR count). The minimum Gasteiger partial charge on any atom is -0.480 e. The summed E-state index contributed by atoms with van der Waals surface area (Å²) in [6, 6.07) is -0.937. The van der Waals surface area contributed by atoms with Gasteiger partial charge in [0.05, 0.1) is 38.7 Å². The van der Waals surface area contributed by atoms with Gasteiger partial charge >= 0.3 is 25.0 Å². The lowest BCUT2D eigenvalue weighted by Crippen LogP contribution is -2.52. The second-order valence-corrected chi connectivity index (χ2v) is 12.0. The third-order valence-corrected chi connectivity index (χ3v) is 8.16. The summed E-state index contributed by atoms with van der Waals surface area (Å²) in [5, 5.41) is 52.0. The van der Waals surface area contributed by atoms with Crippen LogP contribution in [0.1, 0.15) is 32.6 Å². The summed E-state index contributed by atoms with van der Waals surface area (Å²) >= 11 is 0. The average molecular weight is 686 g/mol. The van der Waals surface area contributed by atoms with Crippen LogP contribution in [0.4, 0.5) is 0 Å². The van der Waals surface area contributed by atoms with Gasteiger partial charge in [-0.25, -0.2) is 0 Å². The SMILES string of the molecule is C[C@@H](NC(=O)CCC(=O)CNC(=O)CN1CCN(CC(=O)O)CCN(CC(=O)O)CCN(CC(=O)O)CC1)C(=O)N1CCC[C@H]1B(O)O. The van der Waals surface area contributed by atoms with Gasteiger partial charge in [0.1, 0.15) is 6.04 Å². The highest BCUT2D eigenvalue weighted by Crippen LogP contribution is 2.19. The lowest BCUT2D eigenvalue weighted by atomic mass is 9.78. The second-order valence-electron chi connectivity index (χ2n) is 12.0. The van der Waals surface area contributed by atoms with Crippen LogP contribution in [0.5, 0.6) is 0 Å². The van der Waals surface area contributed by atoms with Crippen molar-refractivity contribution in [1.29, 1.82) is 0 Å². The Labute approximate surface area is 278 Å². The minimum absolute atomic E-state index is 0.166. The molecule has 2 saturated heterocycles. The Balaban J connectivity index is 1.89. The largest absolute Gasteiger partial charge is 0.480 e. The normalized spacial score (nSPS) is 19.8. The van der Waals surface area contributed by atoms with Crippen LogP contribution < -0.4 is 10.6 Å². The van der Waals surface area contributed by atoms with E-state index in [0.29, 0.717) is 19.4 Å². The molecular weight excluding hydrogens is 637 g/mol. The summed E-state index contributed by atoms with van der Waals surface area (Å²) in [5.41, 5.74) is 0. The summed E-state index contributed by atoms with van der Waals surface area (Å²) < 4.78 is 0. The zero-order valence-electron chi connectivity index (χ0n) is 27.3. The predicted molar refractivity (Wildman–Crippen MR) is 168 cm³/mol. The van der Waals surface area contributed by atoms with E-state index < -0.39 is 60.5 Å². The molecule has 270 valence electrons. The molecule has 2 atom stereocenters. The molecule has 0 bridgehead atoms. The van der Waals surface area contributed by atoms with Gasteiger partial charge in [-0.2, -0.15) is 0 Å². The van der Waals surface area contributed by atoms with Gasteiger partial charge in [-0.1, -0.05) is 0 Å². The molecule has 2 heterocycles. The van der Waals surface area contributed by atoms with E-state index >= 15 is 0 Å². The van der Waals surface area contributed by atoms with Crippen LogP contribution in [0.3, 0.4) is 0 Å². The number of ketones is 1. The van der Waals surface area contributed by atoms with Crippen molar-refractivity contribution in [1.82, 2.24) is 35.1 Å². The van der Waals surface area contributed by atoms with Crippen LogP contribution in [0, 0.1) is 0 Å². The van der Waals surface area contributed by atoms with Crippen LogP contribution in [0.15, 0.2) is 0 Å². The lowest BCUT2D eigenvalue weighted by Gasteiger charge is -2.32. The Hall–Kier alpha value is -3.69. The monoisotopic (exact) mass is 685 g/mol. The summed E-state index contributed by atoms with van der Waals surface area (Å²) in [4.78, 5) is 92.3.